The van der Waals surface area contributed by atoms with Gasteiger partial charge in [-0.1, -0.05) is 45.2 Å². The average molecular weight is 712 g/mol. The predicted molar refractivity (Wildman–Crippen MR) is 175 cm³/mol. The molecule has 0 aliphatic heterocycles. The summed E-state index contributed by atoms with van der Waals surface area (Å²) >= 11 is 15.5. The van der Waals surface area contributed by atoms with E-state index in [-0.39, 0.29) is 36.0 Å². The summed E-state index contributed by atoms with van der Waals surface area (Å²) in [6.45, 7) is 4.14. The van der Waals surface area contributed by atoms with Gasteiger partial charge in [0.25, 0.3) is 0 Å². The number of rotatable bonds is 11. The highest BCUT2D eigenvalue weighted by atomic mass is 79.9. The summed E-state index contributed by atoms with van der Waals surface area (Å²) in [7, 11) is 0. The number of nitro groups is 1. The second-order valence-corrected chi connectivity index (χ2v) is 11.6. The van der Waals surface area contributed by atoms with E-state index in [1.54, 1.807) is 30.3 Å². The minimum absolute atomic E-state index is 0.00809. The maximum absolute atomic E-state index is 12.7. The number of halogens is 3. The number of ether oxygens (including phenoxy) is 2. The Morgan fingerprint density at radius 3 is 2.42 bits per heavy atom. The number of benzene rings is 3. The number of carbonyl (C=O) groups excluding carboxylic acids is 1. The normalized spacial score (nSPS) is 11.1. The second kappa shape index (κ2) is 14.0. The molecular formula is C32H25BrCl2N4O6. The molecule has 5 rings (SSSR count). The molecule has 0 unspecified atom stereocenters. The predicted octanol–water partition coefficient (Wildman–Crippen LogP) is 8.59. The van der Waals surface area contributed by atoms with Gasteiger partial charge in [-0.3, -0.25) is 14.9 Å². The molecule has 0 fully saturated rings. The Hall–Kier alpha value is -4.58. The van der Waals surface area contributed by atoms with Crippen molar-refractivity contribution in [3.8, 4) is 17.2 Å². The molecule has 2 heterocycles. The Kier molecular flexibility index (Phi) is 9.92. The molecule has 0 aliphatic carbocycles. The summed E-state index contributed by atoms with van der Waals surface area (Å²) in [5.41, 5.74) is 6.18. The highest BCUT2D eigenvalue weighted by molar-refractivity contribution is 9.10. The number of aromatic nitrogens is 1. The third kappa shape index (κ3) is 7.75. The Morgan fingerprint density at radius 1 is 1.00 bits per heavy atom. The highest BCUT2D eigenvalue weighted by Crippen LogP contribution is 2.35. The molecule has 13 heteroatoms. The van der Waals surface area contributed by atoms with Crippen molar-refractivity contribution in [1.29, 1.82) is 0 Å². The molecular weight excluding hydrogens is 687 g/mol. The van der Waals surface area contributed by atoms with E-state index in [0.29, 0.717) is 31.6 Å². The Labute approximate surface area is 276 Å². The number of amides is 1. The van der Waals surface area contributed by atoms with Crippen molar-refractivity contribution in [3.05, 3.63) is 138 Å². The quantitative estimate of drug-likeness (QED) is 0.0832. The van der Waals surface area contributed by atoms with Crippen LogP contribution in [-0.4, -0.2) is 21.6 Å². The van der Waals surface area contributed by atoms with Gasteiger partial charge in [0.2, 0.25) is 5.75 Å². The standard InChI is InChI=1S/C32H25BrCl2N4O6/c1-19-3-4-20(2)38(19)25-7-9-26(10-8-25)43-18-27-11-12-30(45-27)32(40)37-36-16-22-13-23(33)14-29(39(41)42)31(22)44-17-21-5-6-24(34)15-28(21)35/h3-16H,17-18H2,1-2H3,(H,37,40)/b36-16+. The molecule has 0 saturated carbocycles. The molecule has 0 saturated heterocycles. The van der Waals surface area contributed by atoms with E-state index < -0.39 is 10.8 Å². The summed E-state index contributed by atoms with van der Waals surface area (Å²) in [6, 6.07) is 22.7. The minimum Gasteiger partial charge on any atom is -0.486 e. The SMILES string of the molecule is Cc1ccc(C)n1-c1ccc(OCc2ccc(C(=O)N/N=C/c3cc(Br)cc([N+](=O)[O-])c3OCc3ccc(Cl)cc3Cl)o2)cc1. The van der Waals surface area contributed by atoms with E-state index in [9.17, 15) is 14.9 Å². The monoisotopic (exact) mass is 710 g/mol. The molecule has 45 heavy (non-hydrogen) atoms. The van der Waals surface area contributed by atoms with Gasteiger partial charge in [0.15, 0.2) is 5.76 Å². The van der Waals surface area contributed by atoms with Crippen molar-refractivity contribution in [2.45, 2.75) is 27.1 Å². The van der Waals surface area contributed by atoms with Crippen LogP contribution in [0.5, 0.6) is 11.5 Å². The van der Waals surface area contributed by atoms with Gasteiger partial charge < -0.3 is 18.5 Å². The van der Waals surface area contributed by atoms with Crippen LogP contribution in [0, 0.1) is 24.0 Å². The topological polar surface area (TPSA) is 121 Å². The van der Waals surface area contributed by atoms with Crippen molar-refractivity contribution >= 4 is 56.9 Å². The van der Waals surface area contributed by atoms with Gasteiger partial charge in [0.05, 0.1) is 11.1 Å². The fourth-order valence-electron chi connectivity index (χ4n) is 4.49. The fraction of sp³-hybridized carbons (Fsp3) is 0.125. The number of nitrogens with one attached hydrogen (secondary N) is 1. The smallest absolute Gasteiger partial charge is 0.312 e. The summed E-state index contributed by atoms with van der Waals surface area (Å²) < 4.78 is 19.8. The van der Waals surface area contributed by atoms with Crippen LogP contribution in [-0.2, 0) is 13.2 Å². The lowest BCUT2D eigenvalue weighted by Gasteiger charge is -2.11. The molecule has 3 aromatic carbocycles. The summed E-state index contributed by atoms with van der Waals surface area (Å²) in [6.07, 6.45) is 1.24. The van der Waals surface area contributed by atoms with E-state index in [1.807, 2.05) is 38.1 Å². The molecule has 5 aromatic rings. The minimum atomic E-state index is -0.626. The van der Waals surface area contributed by atoms with Gasteiger partial charge in [-0.25, -0.2) is 5.43 Å². The van der Waals surface area contributed by atoms with Crippen molar-refractivity contribution in [3.63, 3.8) is 0 Å². The van der Waals surface area contributed by atoms with Gasteiger partial charge in [-0.2, -0.15) is 5.10 Å². The van der Waals surface area contributed by atoms with Gasteiger partial charge >= 0.3 is 11.6 Å². The summed E-state index contributed by atoms with van der Waals surface area (Å²) in [5.74, 6) is 0.404. The van der Waals surface area contributed by atoms with E-state index in [0.717, 1.165) is 17.1 Å². The third-order valence-electron chi connectivity index (χ3n) is 6.65. The molecule has 0 radical (unpaired) electrons. The first-order valence-corrected chi connectivity index (χ1v) is 15.0. The first-order valence-electron chi connectivity index (χ1n) is 13.4. The van der Waals surface area contributed by atoms with Crippen LogP contribution in [0.1, 0.15) is 38.8 Å². The third-order valence-corrected chi connectivity index (χ3v) is 7.69. The van der Waals surface area contributed by atoms with Crippen LogP contribution in [0.4, 0.5) is 5.69 Å². The first kappa shape index (κ1) is 31.8. The summed E-state index contributed by atoms with van der Waals surface area (Å²) in [5, 5.41) is 16.5. The molecule has 10 nitrogen and oxygen atoms in total. The van der Waals surface area contributed by atoms with Crippen LogP contribution in [0.25, 0.3) is 5.69 Å². The van der Waals surface area contributed by atoms with Crippen molar-refractivity contribution in [2.24, 2.45) is 5.10 Å². The Morgan fingerprint density at radius 2 is 1.73 bits per heavy atom. The van der Waals surface area contributed by atoms with Gasteiger partial charge in [-0.15, -0.1) is 0 Å². The van der Waals surface area contributed by atoms with Crippen LogP contribution in [0.3, 0.4) is 0 Å². The van der Waals surface area contributed by atoms with Gasteiger partial charge in [0, 0.05) is 48.8 Å². The molecule has 0 aliphatic rings. The molecule has 0 atom stereocenters. The maximum atomic E-state index is 12.7. The molecule has 1 N–H and O–H groups in total. The van der Waals surface area contributed by atoms with E-state index in [1.165, 1.54) is 18.3 Å². The molecule has 0 spiro atoms. The van der Waals surface area contributed by atoms with Crippen molar-refractivity contribution in [2.75, 3.05) is 0 Å². The number of nitro benzene ring substituents is 1. The Balaban J connectivity index is 1.22. The van der Waals surface area contributed by atoms with E-state index >= 15 is 0 Å². The number of furan rings is 1. The van der Waals surface area contributed by atoms with Crippen molar-refractivity contribution in [1.82, 2.24) is 9.99 Å². The van der Waals surface area contributed by atoms with Crippen molar-refractivity contribution < 1.29 is 23.6 Å². The molecule has 0 bridgehead atoms. The van der Waals surface area contributed by atoms with Crippen LogP contribution in [0.2, 0.25) is 10.0 Å². The van der Waals surface area contributed by atoms with Crippen LogP contribution in [0.15, 0.2) is 92.9 Å². The zero-order valence-electron chi connectivity index (χ0n) is 23.9. The molecule has 2 aromatic heterocycles. The lowest BCUT2D eigenvalue weighted by atomic mass is 10.2. The highest BCUT2D eigenvalue weighted by Gasteiger charge is 2.21. The van der Waals surface area contributed by atoms with Crippen LogP contribution >= 0.6 is 39.1 Å². The molecule has 1 amide bonds. The molecule has 230 valence electrons. The lowest BCUT2D eigenvalue weighted by Crippen LogP contribution is -2.17. The number of hydrogen-bond acceptors (Lipinski definition) is 7. The average Bonchev–Trinajstić information content (AvgIpc) is 3.62. The largest absolute Gasteiger partial charge is 0.486 e. The maximum Gasteiger partial charge on any atom is 0.312 e. The number of nitrogens with zero attached hydrogens (tertiary/aromatic N) is 3. The number of carbonyl (C=O) groups is 1. The number of hydrogen-bond donors (Lipinski definition) is 1. The Bertz CT molecular complexity index is 1880. The second-order valence-electron chi connectivity index (χ2n) is 9.82. The van der Waals surface area contributed by atoms with E-state index in [2.05, 4.69) is 43.2 Å². The van der Waals surface area contributed by atoms with E-state index in [4.69, 9.17) is 37.1 Å². The lowest BCUT2D eigenvalue weighted by molar-refractivity contribution is -0.386. The number of aryl methyl sites for hydroxylation is 2. The zero-order valence-corrected chi connectivity index (χ0v) is 27.0. The zero-order chi connectivity index (χ0) is 32.1. The number of hydrazone groups is 1. The summed E-state index contributed by atoms with van der Waals surface area (Å²) in [4.78, 5) is 23.9. The fourth-order valence-corrected chi connectivity index (χ4v) is 5.42. The van der Waals surface area contributed by atoms with Gasteiger partial charge in [-0.05, 0) is 80.6 Å². The first-order chi connectivity index (χ1) is 21.6. The van der Waals surface area contributed by atoms with Crippen LogP contribution < -0.4 is 14.9 Å². The van der Waals surface area contributed by atoms with Gasteiger partial charge in [0.1, 0.15) is 24.7 Å².